The number of aliphatic hydroxyl groups is 3. The molecule has 0 aliphatic rings. The van der Waals surface area contributed by atoms with E-state index >= 15 is 0 Å². The molecule has 0 aromatic rings. The Kier molecular flexibility index (Phi) is 23.0. The zero-order chi connectivity index (χ0) is 23.9. The molecule has 5 nitrogen and oxygen atoms in total. The Morgan fingerprint density at radius 2 is 1.06 bits per heavy atom. The van der Waals surface area contributed by atoms with Crippen molar-refractivity contribution in [2.45, 2.75) is 148 Å². The molecule has 0 aromatic heterocycles. The van der Waals surface area contributed by atoms with Crippen LogP contribution in [-0.2, 0) is 4.79 Å². The van der Waals surface area contributed by atoms with E-state index in [1.807, 2.05) is 0 Å². The molecular weight excluding hydrogens is 402 g/mol. The van der Waals surface area contributed by atoms with Gasteiger partial charge in [-0.25, -0.2) is 0 Å². The van der Waals surface area contributed by atoms with Crippen molar-refractivity contribution in [1.82, 2.24) is 4.90 Å². The van der Waals surface area contributed by atoms with Crippen LogP contribution in [0.5, 0.6) is 0 Å². The summed E-state index contributed by atoms with van der Waals surface area (Å²) in [6.45, 7) is 4.67. The second kappa shape index (κ2) is 23.5. The van der Waals surface area contributed by atoms with Gasteiger partial charge in [-0.1, -0.05) is 123 Å². The van der Waals surface area contributed by atoms with Crippen LogP contribution in [0.1, 0.15) is 136 Å². The normalized spacial score (nSPS) is 13.3. The fraction of sp³-hybridized carbons (Fsp3) is 0.963. The van der Waals surface area contributed by atoms with Crippen LogP contribution in [0, 0.1) is 0 Å². The Balaban J connectivity index is 3.89. The van der Waals surface area contributed by atoms with E-state index in [-0.39, 0.29) is 19.1 Å². The molecule has 0 radical (unpaired) electrons. The Morgan fingerprint density at radius 1 is 0.656 bits per heavy atom. The molecule has 2 unspecified atom stereocenters. The van der Waals surface area contributed by atoms with E-state index in [0.717, 1.165) is 38.5 Å². The van der Waals surface area contributed by atoms with Gasteiger partial charge >= 0.3 is 0 Å². The molecule has 0 fully saturated rings. The molecule has 0 saturated carbocycles. The van der Waals surface area contributed by atoms with Gasteiger partial charge < -0.3 is 20.2 Å². The number of hydrogen-bond donors (Lipinski definition) is 3. The zero-order valence-corrected chi connectivity index (χ0v) is 21.4. The van der Waals surface area contributed by atoms with Gasteiger partial charge in [0.2, 0.25) is 0 Å². The molecule has 0 heterocycles. The summed E-state index contributed by atoms with van der Waals surface area (Å²) in [6.07, 6.45) is 20.6. The predicted octanol–water partition coefficient (Wildman–Crippen LogP) is 5.98. The smallest absolute Gasteiger partial charge is 0.251 e. The van der Waals surface area contributed by atoms with Crippen LogP contribution >= 0.6 is 0 Å². The molecule has 32 heavy (non-hydrogen) atoms. The summed E-state index contributed by atoms with van der Waals surface area (Å²) in [7, 11) is 0. The van der Waals surface area contributed by atoms with Crippen molar-refractivity contribution in [2.75, 3.05) is 19.7 Å². The molecule has 3 N–H and O–H groups in total. The molecule has 1 amide bonds. The molecule has 0 aromatic carbocycles. The minimum atomic E-state index is -0.996. The lowest BCUT2D eigenvalue weighted by Gasteiger charge is -2.27. The van der Waals surface area contributed by atoms with Crippen LogP contribution < -0.4 is 0 Å². The van der Waals surface area contributed by atoms with Gasteiger partial charge in [0, 0.05) is 13.1 Å². The van der Waals surface area contributed by atoms with E-state index in [2.05, 4.69) is 13.8 Å². The molecule has 2 atom stereocenters. The van der Waals surface area contributed by atoms with Crippen LogP contribution in [-0.4, -0.2) is 58.0 Å². The Morgan fingerprint density at radius 3 is 1.50 bits per heavy atom. The molecule has 0 rings (SSSR count). The highest BCUT2D eigenvalue weighted by molar-refractivity contribution is 5.80. The summed E-state index contributed by atoms with van der Waals surface area (Å²) < 4.78 is 0. The van der Waals surface area contributed by atoms with Crippen molar-refractivity contribution in [2.24, 2.45) is 0 Å². The summed E-state index contributed by atoms with van der Waals surface area (Å²) >= 11 is 0. The average Bonchev–Trinajstić information content (AvgIpc) is 2.80. The second-order valence-electron chi connectivity index (χ2n) is 9.58. The van der Waals surface area contributed by atoms with Gasteiger partial charge in [-0.2, -0.15) is 0 Å². The molecule has 0 bridgehead atoms. The number of carbonyl (C=O) groups is 1. The van der Waals surface area contributed by atoms with Crippen molar-refractivity contribution in [3.8, 4) is 0 Å². The third kappa shape index (κ3) is 18.9. The number of hydrogen-bond acceptors (Lipinski definition) is 4. The number of carbonyl (C=O) groups excluding carboxylic acids is 1. The van der Waals surface area contributed by atoms with E-state index in [1.165, 1.54) is 77.0 Å². The summed E-state index contributed by atoms with van der Waals surface area (Å²) in [6, 6.07) is 0. The first kappa shape index (κ1) is 31.4. The molecule has 0 aliphatic carbocycles. The molecule has 0 aliphatic heterocycles. The van der Waals surface area contributed by atoms with Crippen LogP contribution in [0.3, 0.4) is 0 Å². The number of aliphatic hydroxyl groups excluding tert-OH is 3. The standard InChI is InChI=1S/C27H55NO4/c1-3-5-7-9-10-11-12-13-14-15-16-17-18-20-22-28(23-25(30)24-29)27(32)26(31)21-19-8-6-4-2/h25-26,29-31H,3-24H2,1-2H3. The number of amides is 1. The number of unbranched alkanes of at least 4 members (excludes halogenated alkanes) is 16. The van der Waals surface area contributed by atoms with Crippen molar-refractivity contribution in [3.05, 3.63) is 0 Å². The SMILES string of the molecule is CCCCCCCCCCCCCCCCN(CC(O)CO)C(=O)C(O)CCCCCC. The molecule has 0 spiro atoms. The average molecular weight is 458 g/mol. The molecule has 5 heteroatoms. The highest BCUT2D eigenvalue weighted by Crippen LogP contribution is 2.14. The largest absolute Gasteiger partial charge is 0.394 e. The third-order valence-electron chi connectivity index (χ3n) is 6.35. The van der Waals surface area contributed by atoms with E-state index in [9.17, 15) is 15.0 Å². The van der Waals surface area contributed by atoms with Crippen LogP contribution in [0.4, 0.5) is 0 Å². The monoisotopic (exact) mass is 457 g/mol. The van der Waals surface area contributed by atoms with Gasteiger partial charge in [0.25, 0.3) is 5.91 Å². The first-order chi connectivity index (χ1) is 15.6. The van der Waals surface area contributed by atoms with Crippen molar-refractivity contribution in [3.63, 3.8) is 0 Å². The number of rotatable bonds is 24. The molecule has 192 valence electrons. The Bertz CT molecular complexity index is 405. The van der Waals surface area contributed by atoms with E-state index in [4.69, 9.17) is 5.11 Å². The van der Waals surface area contributed by atoms with E-state index in [1.54, 1.807) is 4.90 Å². The van der Waals surface area contributed by atoms with Gasteiger partial charge in [-0.15, -0.1) is 0 Å². The fourth-order valence-electron chi connectivity index (χ4n) is 4.20. The van der Waals surface area contributed by atoms with Gasteiger partial charge in [0.05, 0.1) is 12.7 Å². The zero-order valence-electron chi connectivity index (χ0n) is 21.4. The highest BCUT2D eigenvalue weighted by Gasteiger charge is 2.23. The van der Waals surface area contributed by atoms with Gasteiger partial charge in [-0.05, 0) is 12.8 Å². The minimum Gasteiger partial charge on any atom is -0.394 e. The van der Waals surface area contributed by atoms with Gasteiger partial charge in [0.15, 0.2) is 0 Å². The van der Waals surface area contributed by atoms with Gasteiger partial charge in [0.1, 0.15) is 6.10 Å². The van der Waals surface area contributed by atoms with Gasteiger partial charge in [-0.3, -0.25) is 4.79 Å². The van der Waals surface area contributed by atoms with E-state index in [0.29, 0.717) is 13.0 Å². The minimum absolute atomic E-state index is 0.0970. The third-order valence-corrected chi connectivity index (χ3v) is 6.35. The Labute approximate surface area is 199 Å². The lowest BCUT2D eigenvalue weighted by molar-refractivity contribution is -0.142. The van der Waals surface area contributed by atoms with Crippen molar-refractivity contribution in [1.29, 1.82) is 0 Å². The first-order valence-corrected chi connectivity index (χ1v) is 13.8. The van der Waals surface area contributed by atoms with Crippen LogP contribution in [0.25, 0.3) is 0 Å². The fourth-order valence-corrected chi connectivity index (χ4v) is 4.20. The molecule has 0 saturated heterocycles. The maximum absolute atomic E-state index is 12.6. The van der Waals surface area contributed by atoms with Crippen molar-refractivity contribution < 1.29 is 20.1 Å². The summed E-state index contributed by atoms with van der Waals surface area (Å²) in [5.74, 6) is -0.302. The maximum Gasteiger partial charge on any atom is 0.251 e. The summed E-state index contributed by atoms with van der Waals surface area (Å²) in [4.78, 5) is 14.2. The number of nitrogens with zero attached hydrogens (tertiary/aromatic N) is 1. The molecular formula is C27H55NO4. The van der Waals surface area contributed by atoms with Crippen LogP contribution in [0.2, 0.25) is 0 Å². The quantitative estimate of drug-likeness (QED) is 0.156. The van der Waals surface area contributed by atoms with Crippen LogP contribution in [0.15, 0.2) is 0 Å². The topological polar surface area (TPSA) is 81.0 Å². The van der Waals surface area contributed by atoms with E-state index < -0.39 is 12.2 Å². The Hall–Kier alpha value is -0.650. The lowest BCUT2D eigenvalue weighted by Crippen LogP contribution is -2.44. The maximum atomic E-state index is 12.6. The van der Waals surface area contributed by atoms with Crippen molar-refractivity contribution >= 4 is 5.91 Å². The first-order valence-electron chi connectivity index (χ1n) is 13.8. The lowest BCUT2D eigenvalue weighted by atomic mass is 10.0. The second-order valence-corrected chi connectivity index (χ2v) is 9.58. The predicted molar refractivity (Wildman–Crippen MR) is 135 cm³/mol. The highest BCUT2D eigenvalue weighted by atomic mass is 16.3. The summed E-state index contributed by atoms with van der Waals surface area (Å²) in [5.41, 5.74) is 0. The summed E-state index contributed by atoms with van der Waals surface area (Å²) in [5, 5.41) is 29.2.